The van der Waals surface area contributed by atoms with E-state index in [9.17, 15) is 9.59 Å². The summed E-state index contributed by atoms with van der Waals surface area (Å²) in [5, 5.41) is 3.77. The maximum atomic E-state index is 15.5. The van der Waals surface area contributed by atoms with Gasteiger partial charge in [0.05, 0.1) is 22.6 Å². The zero-order valence-corrected chi connectivity index (χ0v) is 23.7. The van der Waals surface area contributed by atoms with Crippen LogP contribution in [0.1, 0.15) is 77.3 Å². The number of amides is 1. The number of likely N-dealkylation sites (tertiary alicyclic amines) is 1. The topological polar surface area (TPSA) is 49.4 Å². The molecule has 192 valence electrons. The fourth-order valence-corrected chi connectivity index (χ4v) is 4.99. The second kappa shape index (κ2) is 12.9. The molecule has 1 aliphatic heterocycles. The number of carbonyl (C=O) groups excluding carboxylic acids is 2. The van der Waals surface area contributed by atoms with Gasteiger partial charge in [0.15, 0.2) is 5.78 Å². The molecule has 1 aliphatic rings. The summed E-state index contributed by atoms with van der Waals surface area (Å²) < 4.78 is 15.7. The monoisotopic (exact) mass is 566 g/mol. The molecule has 0 aliphatic carbocycles. The van der Waals surface area contributed by atoms with Crippen molar-refractivity contribution in [3.05, 3.63) is 62.9 Å². The summed E-state index contributed by atoms with van der Waals surface area (Å²) in [5.41, 5.74) is 2.84. The first-order chi connectivity index (χ1) is 16.6. The van der Waals surface area contributed by atoms with Crippen molar-refractivity contribution in [1.29, 1.82) is 0 Å². The number of nitrogens with zero attached hydrogens (tertiary/aromatic N) is 1. The summed E-state index contributed by atoms with van der Waals surface area (Å²) in [4.78, 5) is 26.6. The predicted octanol–water partition coefficient (Wildman–Crippen LogP) is 7.40. The van der Waals surface area contributed by atoms with Gasteiger partial charge in [0, 0.05) is 11.3 Å². The number of hydrogen-bond acceptors (Lipinski definition) is 3. The first-order valence-corrected chi connectivity index (χ1v) is 13.5. The quantitative estimate of drug-likeness (QED) is 0.153. The second-order valence-corrected chi connectivity index (χ2v) is 10.4. The Hall–Kier alpha value is -1.92. The van der Waals surface area contributed by atoms with E-state index in [0.29, 0.717) is 23.2 Å². The van der Waals surface area contributed by atoms with E-state index in [1.807, 2.05) is 6.92 Å². The van der Waals surface area contributed by atoms with E-state index < -0.39 is 11.4 Å². The highest BCUT2D eigenvalue weighted by atomic mass is 79.9. The predicted molar refractivity (Wildman–Crippen MR) is 147 cm³/mol. The summed E-state index contributed by atoms with van der Waals surface area (Å²) in [5.74, 6) is -0.698. The average molecular weight is 568 g/mol. The van der Waals surface area contributed by atoms with Crippen molar-refractivity contribution in [1.82, 2.24) is 10.2 Å². The Labute approximate surface area is 222 Å². The van der Waals surface area contributed by atoms with Crippen LogP contribution < -0.4 is 5.32 Å². The van der Waals surface area contributed by atoms with Crippen molar-refractivity contribution in [2.24, 2.45) is 0 Å². The number of nitrogens with one attached hydrogen (secondary N) is 1. The Balaban J connectivity index is 2.77. The molecule has 7 heteroatoms. The largest absolute Gasteiger partial charge is 0.369 e. The third-order valence-corrected chi connectivity index (χ3v) is 7.84. The Morgan fingerprint density at radius 3 is 2.40 bits per heavy atom. The molecular weight excluding hydrogens is 531 g/mol. The van der Waals surface area contributed by atoms with Gasteiger partial charge in [-0.05, 0) is 77.4 Å². The number of ketones is 1. The first-order valence-electron chi connectivity index (χ1n) is 12.3. The highest BCUT2D eigenvalue weighted by Gasteiger charge is 2.49. The van der Waals surface area contributed by atoms with Gasteiger partial charge in [0.1, 0.15) is 11.4 Å². The molecule has 35 heavy (non-hydrogen) atoms. The van der Waals surface area contributed by atoms with Crippen molar-refractivity contribution >= 4 is 44.9 Å². The minimum absolute atomic E-state index is 0.0844. The highest BCUT2D eigenvalue weighted by Crippen LogP contribution is 2.39. The maximum Gasteiger partial charge on any atom is 0.246 e. The number of halogens is 3. The Morgan fingerprint density at radius 1 is 1.23 bits per heavy atom. The standard InChI is InChI=1S/C28H37BrClFN2O2/c1-7-11-14-18(5)20(12-8-2)27(22-15-23(30)25(29)26(31)21(22)13-9-3)32-28(19(6)34)16-33(17-28)24(35)10-4/h10,15,32H,4-5,7-9,11-14,16-17H2,1-3,6H3/b27-20+. The number of benzene rings is 1. The van der Waals surface area contributed by atoms with Crippen molar-refractivity contribution < 1.29 is 14.0 Å². The summed E-state index contributed by atoms with van der Waals surface area (Å²) in [6.45, 7) is 16.1. The summed E-state index contributed by atoms with van der Waals surface area (Å²) in [6.07, 6.45) is 6.89. The van der Waals surface area contributed by atoms with E-state index in [0.717, 1.165) is 49.7 Å². The molecule has 1 fully saturated rings. The van der Waals surface area contributed by atoms with Crippen LogP contribution in [0.25, 0.3) is 5.70 Å². The molecule has 2 rings (SSSR count). The van der Waals surface area contributed by atoms with Gasteiger partial charge in [0.25, 0.3) is 0 Å². The van der Waals surface area contributed by atoms with Crippen molar-refractivity contribution in [3.8, 4) is 0 Å². The zero-order chi connectivity index (χ0) is 26.3. The molecule has 0 spiro atoms. The van der Waals surface area contributed by atoms with Crippen molar-refractivity contribution in [2.75, 3.05) is 13.1 Å². The minimum atomic E-state index is -0.975. The normalized spacial score (nSPS) is 15.2. The Kier molecular flexibility index (Phi) is 10.8. The van der Waals surface area contributed by atoms with Gasteiger partial charge >= 0.3 is 0 Å². The van der Waals surface area contributed by atoms with Gasteiger partial charge in [-0.3, -0.25) is 9.59 Å². The third-order valence-electron chi connectivity index (χ3n) is 6.54. The number of rotatable bonds is 13. The lowest BCUT2D eigenvalue weighted by molar-refractivity contribution is -0.140. The maximum absolute atomic E-state index is 15.5. The Morgan fingerprint density at radius 2 is 1.89 bits per heavy atom. The molecule has 0 aromatic heterocycles. The lowest BCUT2D eigenvalue weighted by atomic mass is 9.82. The molecule has 0 bridgehead atoms. The van der Waals surface area contributed by atoms with Crippen LogP contribution in [0.5, 0.6) is 0 Å². The average Bonchev–Trinajstić information content (AvgIpc) is 2.80. The van der Waals surface area contributed by atoms with E-state index in [1.165, 1.54) is 13.0 Å². The first kappa shape index (κ1) is 29.3. The van der Waals surface area contributed by atoms with Crippen LogP contribution in [-0.2, 0) is 16.0 Å². The van der Waals surface area contributed by atoms with E-state index in [-0.39, 0.29) is 34.3 Å². The number of unbranched alkanes of at least 4 members (excludes halogenated alkanes) is 1. The van der Waals surface area contributed by atoms with Crippen molar-refractivity contribution in [3.63, 3.8) is 0 Å². The van der Waals surface area contributed by atoms with Crippen LogP contribution >= 0.6 is 27.5 Å². The van der Waals surface area contributed by atoms with Crippen LogP contribution in [-0.4, -0.2) is 35.2 Å². The van der Waals surface area contributed by atoms with Crippen LogP contribution in [0.15, 0.2) is 40.9 Å². The minimum Gasteiger partial charge on any atom is -0.369 e. The molecule has 1 N–H and O–H groups in total. The van der Waals surface area contributed by atoms with Gasteiger partial charge in [-0.1, -0.05) is 64.8 Å². The Bertz CT molecular complexity index is 1030. The van der Waals surface area contributed by atoms with Gasteiger partial charge in [-0.2, -0.15) is 0 Å². The van der Waals surface area contributed by atoms with Crippen LogP contribution in [0.4, 0.5) is 4.39 Å². The fraction of sp³-hybridized carbons (Fsp3) is 0.500. The second-order valence-electron chi connectivity index (χ2n) is 9.23. The van der Waals surface area contributed by atoms with Crippen LogP contribution in [0.3, 0.4) is 0 Å². The third kappa shape index (κ3) is 6.45. The lowest BCUT2D eigenvalue weighted by Crippen LogP contribution is -2.73. The summed E-state index contributed by atoms with van der Waals surface area (Å²) in [6, 6.07) is 1.77. The van der Waals surface area contributed by atoms with Gasteiger partial charge in [-0.25, -0.2) is 4.39 Å². The number of Topliss-reactive ketones (excluding diaryl/α,β-unsaturated/α-hetero) is 1. The van der Waals surface area contributed by atoms with E-state index in [2.05, 4.69) is 48.3 Å². The zero-order valence-electron chi connectivity index (χ0n) is 21.3. The molecular formula is C28H37BrClFN2O2. The van der Waals surface area contributed by atoms with Gasteiger partial charge in [0.2, 0.25) is 5.91 Å². The molecule has 0 atom stereocenters. The molecule has 1 aromatic carbocycles. The molecule has 0 radical (unpaired) electrons. The molecule has 1 aromatic rings. The molecule has 4 nitrogen and oxygen atoms in total. The van der Waals surface area contributed by atoms with Crippen LogP contribution in [0.2, 0.25) is 5.02 Å². The molecule has 1 amide bonds. The molecule has 0 unspecified atom stereocenters. The smallest absolute Gasteiger partial charge is 0.246 e. The van der Waals surface area contributed by atoms with Crippen LogP contribution in [0, 0.1) is 5.82 Å². The highest BCUT2D eigenvalue weighted by molar-refractivity contribution is 9.10. The molecule has 0 saturated carbocycles. The van der Waals surface area contributed by atoms with Gasteiger partial charge in [-0.15, -0.1) is 0 Å². The number of allylic oxidation sites excluding steroid dienone is 2. The van der Waals surface area contributed by atoms with E-state index in [1.54, 1.807) is 11.0 Å². The summed E-state index contributed by atoms with van der Waals surface area (Å²) in [7, 11) is 0. The molecule has 1 heterocycles. The van der Waals surface area contributed by atoms with Crippen molar-refractivity contribution in [2.45, 2.75) is 78.2 Å². The summed E-state index contributed by atoms with van der Waals surface area (Å²) >= 11 is 9.74. The molecule has 1 saturated heterocycles. The number of hydrogen-bond donors (Lipinski definition) is 1. The fourth-order valence-electron chi connectivity index (χ4n) is 4.44. The SMILES string of the molecule is C=CC(=O)N1CC(N/C(=C(\CCC)C(=C)CCCC)c2cc(Cl)c(Br)c(F)c2CCC)(C(C)=O)C1. The number of carbonyl (C=O) groups is 2. The van der Waals surface area contributed by atoms with E-state index >= 15 is 4.39 Å². The van der Waals surface area contributed by atoms with E-state index in [4.69, 9.17) is 11.6 Å². The van der Waals surface area contributed by atoms with Gasteiger partial charge < -0.3 is 10.2 Å². The lowest BCUT2D eigenvalue weighted by Gasteiger charge is -2.49.